The molecule has 7 heteroatoms. The summed E-state index contributed by atoms with van der Waals surface area (Å²) in [4.78, 5) is 11.5. The van der Waals surface area contributed by atoms with Gasteiger partial charge in [-0.25, -0.2) is 13.3 Å². The molecule has 0 saturated carbocycles. The van der Waals surface area contributed by atoms with Crippen molar-refractivity contribution in [2.45, 2.75) is 4.90 Å². The van der Waals surface area contributed by atoms with E-state index in [4.69, 9.17) is 9.84 Å². The number of nitrogens with zero attached hydrogens (tertiary/aromatic N) is 1. The summed E-state index contributed by atoms with van der Waals surface area (Å²) in [7, 11) is 1.04. The summed E-state index contributed by atoms with van der Waals surface area (Å²) in [5.41, 5.74) is 0.166. The molecule has 0 aliphatic carbocycles. The molecule has 0 aromatic heterocycles. The van der Waals surface area contributed by atoms with Gasteiger partial charge in [-0.2, -0.15) is 0 Å². The molecule has 1 fully saturated rings. The van der Waals surface area contributed by atoms with Crippen LogP contribution in [0.1, 0.15) is 10.4 Å². The van der Waals surface area contributed by atoms with Crippen molar-refractivity contribution in [3.63, 3.8) is 0 Å². The Bertz CT molecular complexity index is 488. The lowest BCUT2D eigenvalue weighted by Crippen LogP contribution is -2.37. The minimum atomic E-state index is -1.32. The van der Waals surface area contributed by atoms with Gasteiger partial charge in [0.15, 0.2) is 0 Å². The Hall–Kier alpha value is -0.810. The second kappa shape index (κ2) is 5.89. The van der Waals surface area contributed by atoms with Crippen LogP contribution < -0.4 is 5.30 Å². The standard InChI is InChI=1S/C11H14NO4PS/c13-11(14)9-7-8(1-2-10(9)17)18(15)12-3-5-16-6-4-12/h1-2,7H,3-6,17H2,(H,13,14). The maximum Gasteiger partial charge on any atom is 0.336 e. The van der Waals surface area contributed by atoms with Crippen LogP contribution in [0, 0.1) is 0 Å². The first-order valence-electron chi connectivity index (χ1n) is 5.47. The molecular formula is C11H14NO4PS. The van der Waals surface area contributed by atoms with E-state index >= 15 is 0 Å². The van der Waals surface area contributed by atoms with Gasteiger partial charge >= 0.3 is 5.97 Å². The first-order valence-corrected chi connectivity index (χ1v) is 7.15. The van der Waals surface area contributed by atoms with E-state index in [0.29, 0.717) is 36.5 Å². The maximum absolute atomic E-state index is 12.3. The van der Waals surface area contributed by atoms with Crippen molar-refractivity contribution in [2.24, 2.45) is 0 Å². The van der Waals surface area contributed by atoms with E-state index in [-0.39, 0.29) is 5.56 Å². The molecular weight excluding hydrogens is 273 g/mol. The topological polar surface area (TPSA) is 66.8 Å². The molecule has 0 amide bonds. The zero-order valence-electron chi connectivity index (χ0n) is 9.67. The Kier molecular flexibility index (Phi) is 4.45. The molecule has 0 spiro atoms. The van der Waals surface area contributed by atoms with Crippen molar-refractivity contribution in [1.29, 1.82) is 0 Å². The number of hydrogen-bond acceptors (Lipinski definition) is 3. The predicted octanol–water partition coefficient (Wildman–Crippen LogP) is 0.240. The molecule has 18 heavy (non-hydrogen) atoms. The Labute approximate surface area is 110 Å². The highest BCUT2D eigenvalue weighted by atomic mass is 32.2. The molecule has 2 rings (SSSR count). The highest BCUT2D eigenvalue weighted by Gasteiger charge is 2.19. The molecule has 2 unspecified atom stereocenters. The molecule has 98 valence electrons. The smallest absolute Gasteiger partial charge is 0.336 e. The van der Waals surface area contributed by atoms with Crippen LogP contribution in [0.15, 0.2) is 23.1 Å². The van der Waals surface area contributed by atoms with Gasteiger partial charge in [-0.3, -0.25) is 0 Å². The molecule has 1 saturated heterocycles. The van der Waals surface area contributed by atoms with Gasteiger partial charge in [0.1, 0.15) is 11.0 Å². The van der Waals surface area contributed by atoms with Gasteiger partial charge in [-0.05, 0) is 17.4 Å². The quantitative estimate of drug-likeness (QED) is 0.809. The van der Waals surface area contributed by atoms with Crippen molar-refractivity contribution in [1.82, 2.24) is 4.31 Å². The number of aromatic carboxylic acids is 1. The number of ether oxygens (including phenoxy) is 1. The van der Waals surface area contributed by atoms with Crippen molar-refractivity contribution in [3.8, 4) is 0 Å². The van der Waals surface area contributed by atoms with Gasteiger partial charge in [0, 0.05) is 13.1 Å². The van der Waals surface area contributed by atoms with Gasteiger partial charge in [0.25, 0.3) is 0 Å². The number of carboxylic acids is 1. The fraction of sp³-hybridized carbons (Fsp3) is 0.364. The van der Waals surface area contributed by atoms with E-state index in [1.165, 1.54) is 6.07 Å². The highest BCUT2D eigenvalue weighted by Crippen LogP contribution is 2.14. The van der Waals surface area contributed by atoms with E-state index in [2.05, 4.69) is 9.24 Å². The van der Waals surface area contributed by atoms with Crippen LogP contribution in [0.4, 0.5) is 0 Å². The van der Waals surface area contributed by atoms with Crippen LogP contribution in [0.3, 0.4) is 0 Å². The lowest BCUT2D eigenvalue weighted by Gasteiger charge is -2.25. The minimum Gasteiger partial charge on any atom is -0.478 e. The monoisotopic (exact) mass is 287 g/mol. The third kappa shape index (κ3) is 2.95. The average Bonchev–Trinajstić information content (AvgIpc) is 2.39. The molecule has 1 aromatic carbocycles. The summed E-state index contributed by atoms with van der Waals surface area (Å²) < 4.78 is 19.2. The lowest BCUT2D eigenvalue weighted by molar-refractivity contribution is 0.0697. The van der Waals surface area contributed by atoms with Gasteiger partial charge < -0.3 is 9.84 Å². The fourth-order valence-corrected chi connectivity index (χ4v) is 3.18. The summed E-state index contributed by atoms with van der Waals surface area (Å²) >= 11 is 0. The molecule has 1 heterocycles. The summed E-state index contributed by atoms with van der Waals surface area (Å²) in [5, 5.41) is 9.62. The zero-order valence-corrected chi connectivity index (χ0v) is 11.6. The van der Waals surface area contributed by atoms with Crippen LogP contribution in [-0.4, -0.2) is 45.9 Å². The number of rotatable bonds is 3. The molecule has 0 radical (unpaired) electrons. The van der Waals surface area contributed by atoms with Crippen molar-refractivity contribution in [2.75, 3.05) is 26.3 Å². The number of carbonyl (C=O) groups is 1. The number of benzene rings is 1. The van der Waals surface area contributed by atoms with Crippen LogP contribution in [0.25, 0.3) is 0 Å². The van der Waals surface area contributed by atoms with Gasteiger partial charge in [0.2, 0.25) is 0 Å². The number of hydrogen-bond donors (Lipinski definition) is 1. The first kappa shape index (κ1) is 13.6. The van der Waals surface area contributed by atoms with Gasteiger partial charge in [-0.15, -0.1) is 9.24 Å². The Morgan fingerprint density at radius 2 is 2.06 bits per heavy atom. The number of morpholine rings is 1. The maximum atomic E-state index is 12.3. The largest absolute Gasteiger partial charge is 0.478 e. The molecule has 1 aromatic rings. The Balaban J connectivity index is 2.24. The van der Waals surface area contributed by atoms with Crippen molar-refractivity contribution >= 4 is 31.5 Å². The molecule has 1 aliphatic heterocycles. The van der Waals surface area contributed by atoms with Crippen LogP contribution in [0.2, 0.25) is 0 Å². The second-order valence-corrected chi connectivity index (χ2v) is 5.95. The van der Waals surface area contributed by atoms with E-state index in [9.17, 15) is 9.00 Å². The first-order chi connectivity index (χ1) is 8.59. The van der Waals surface area contributed by atoms with Crippen molar-refractivity contribution < 1.29 is 18.8 Å². The van der Waals surface area contributed by atoms with E-state index < -0.39 is 17.0 Å². The highest BCUT2D eigenvalue weighted by molar-refractivity contribution is 7.82. The van der Waals surface area contributed by atoms with E-state index in [1.54, 1.807) is 16.4 Å². The zero-order chi connectivity index (χ0) is 13.1. The Morgan fingerprint density at radius 1 is 1.39 bits per heavy atom. The second-order valence-electron chi connectivity index (χ2n) is 3.84. The van der Waals surface area contributed by atoms with E-state index in [0.717, 1.165) is 0 Å². The van der Waals surface area contributed by atoms with Crippen LogP contribution >= 0.6 is 9.24 Å². The van der Waals surface area contributed by atoms with Crippen LogP contribution in [0.5, 0.6) is 0 Å². The predicted molar refractivity (Wildman–Crippen MR) is 71.5 cm³/mol. The number of carboxylic acid groups (broad SMARTS) is 1. The SMILES string of the molecule is O=C(O)c1cc(S(=O)N2CCOCC2)ccc1P. The Morgan fingerprint density at radius 3 is 2.67 bits per heavy atom. The third-order valence-corrected chi connectivity index (χ3v) is 4.66. The molecule has 0 bridgehead atoms. The summed E-state index contributed by atoms with van der Waals surface area (Å²) in [6.07, 6.45) is 0. The minimum absolute atomic E-state index is 0.166. The van der Waals surface area contributed by atoms with Crippen molar-refractivity contribution in [3.05, 3.63) is 23.8 Å². The third-order valence-electron chi connectivity index (χ3n) is 2.66. The molecule has 1 aliphatic rings. The molecule has 5 nitrogen and oxygen atoms in total. The average molecular weight is 287 g/mol. The summed E-state index contributed by atoms with van der Waals surface area (Å²) in [6.45, 7) is 2.30. The summed E-state index contributed by atoms with van der Waals surface area (Å²) in [6, 6.07) is 4.82. The van der Waals surface area contributed by atoms with Crippen LogP contribution in [-0.2, 0) is 15.7 Å². The molecule has 1 N–H and O–H groups in total. The van der Waals surface area contributed by atoms with Gasteiger partial charge in [-0.1, -0.05) is 6.07 Å². The molecule has 2 atom stereocenters. The lowest BCUT2D eigenvalue weighted by atomic mass is 10.2. The van der Waals surface area contributed by atoms with Gasteiger partial charge in [0.05, 0.1) is 23.7 Å². The fourth-order valence-electron chi connectivity index (χ4n) is 1.69. The summed E-state index contributed by atoms with van der Waals surface area (Å²) in [5.74, 6) is -1.01. The normalized spacial score (nSPS) is 18.5. The van der Waals surface area contributed by atoms with E-state index in [1.807, 2.05) is 0 Å².